The molecule has 4 nitrogen and oxygen atoms in total. The Morgan fingerprint density at radius 1 is 1.24 bits per heavy atom. The molecule has 0 amide bonds. The molecule has 4 N–H and O–H groups in total. The average Bonchev–Trinajstić information content (AvgIpc) is 2.82. The summed E-state index contributed by atoms with van der Waals surface area (Å²) in [7, 11) is 0. The Balaban J connectivity index is 2.01. The largest absolute Gasteiger partial charge is 0.390 e. The highest BCUT2D eigenvalue weighted by Gasteiger charge is 2.34. The number of guanidine groups is 1. The van der Waals surface area contributed by atoms with Gasteiger partial charge in [0.25, 0.3) is 0 Å². The van der Waals surface area contributed by atoms with Crippen LogP contribution in [0.5, 0.6) is 0 Å². The highest BCUT2D eigenvalue weighted by molar-refractivity contribution is 5.92. The van der Waals surface area contributed by atoms with Crippen LogP contribution in [0.1, 0.15) is 45.2 Å². The molecule has 1 aromatic rings. The van der Waals surface area contributed by atoms with Crippen molar-refractivity contribution in [3.05, 3.63) is 29.3 Å². The van der Waals surface area contributed by atoms with Crippen molar-refractivity contribution < 1.29 is 5.11 Å². The molecule has 1 aromatic carbocycles. The predicted molar refractivity (Wildman–Crippen MR) is 88.7 cm³/mol. The number of nitrogens with zero attached hydrogens (tertiary/aromatic N) is 1. The van der Waals surface area contributed by atoms with Crippen LogP contribution in [0.4, 0.5) is 5.69 Å². The van der Waals surface area contributed by atoms with Crippen LogP contribution in [-0.2, 0) is 12.8 Å². The van der Waals surface area contributed by atoms with Crippen molar-refractivity contribution in [2.45, 2.75) is 52.6 Å². The minimum absolute atomic E-state index is 0.336. The molecule has 0 heterocycles. The molecule has 116 valence electrons. The molecule has 0 aliphatic heterocycles. The lowest BCUT2D eigenvalue weighted by atomic mass is 9.77. The lowest BCUT2D eigenvalue weighted by Crippen LogP contribution is -2.41. The Morgan fingerprint density at radius 3 is 2.57 bits per heavy atom. The molecule has 0 aromatic heterocycles. The first kappa shape index (κ1) is 15.8. The molecule has 0 unspecified atom stereocenters. The summed E-state index contributed by atoms with van der Waals surface area (Å²) in [5.74, 6) is 0.394. The van der Waals surface area contributed by atoms with Crippen molar-refractivity contribution in [3.63, 3.8) is 0 Å². The molecular formula is C17H27N3O. The van der Waals surface area contributed by atoms with E-state index in [1.807, 2.05) is 19.9 Å². The fourth-order valence-corrected chi connectivity index (χ4v) is 2.31. The van der Waals surface area contributed by atoms with Crippen molar-refractivity contribution in [1.82, 2.24) is 0 Å². The van der Waals surface area contributed by atoms with Gasteiger partial charge in [-0.2, -0.15) is 0 Å². The van der Waals surface area contributed by atoms with Gasteiger partial charge in [0.2, 0.25) is 0 Å². The summed E-state index contributed by atoms with van der Waals surface area (Å²) < 4.78 is 0. The lowest BCUT2D eigenvalue weighted by Gasteiger charge is -2.35. The standard InChI is InChI=1S/C17H27N3O/c1-16(2,17(3,4)21)11-19-15(18)20-14-9-8-12-6-5-7-13(12)10-14/h8-10,21H,5-7,11H2,1-4H3,(H3,18,19,20). The molecular weight excluding hydrogens is 262 g/mol. The van der Waals surface area contributed by atoms with Crippen LogP contribution in [0.25, 0.3) is 0 Å². The number of hydrogen-bond acceptors (Lipinski definition) is 2. The normalized spacial score (nSPS) is 16.0. The van der Waals surface area contributed by atoms with Crippen molar-refractivity contribution in [2.24, 2.45) is 16.1 Å². The first-order valence-electron chi connectivity index (χ1n) is 7.60. The Morgan fingerprint density at radius 2 is 1.90 bits per heavy atom. The number of aryl methyl sites for hydroxylation is 2. The smallest absolute Gasteiger partial charge is 0.193 e. The SMILES string of the molecule is CC(C)(O)C(C)(C)CN=C(N)Nc1ccc2c(c1)CCC2. The van der Waals surface area contributed by atoms with Crippen LogP contribution in [0.15, 0.2) is 23.2 Å². The number of benzene rings is 1. The number of nitrogens with one attached hydrogen (secondary N) is 1. The van der Waals surface area contributed by atoms with E-state index in [1.165, 1.54) is 24.0 Å². The second-order valence-electron chi connectivity index (χ2n) is 7.11. The Bertz CT molecular complexity index is 541. The van der Waals surface area contributed by atoms with Gasteiger partial charge < -0.3 is 16.2 Å². The maximum atomic E-state index is 10.1. The third-order valence-corrected chi connectivity index (χ3v) is 4.67. The van der Waals surface area contributed by atoms with E-state index < -0.39 is 5.60 Å². The van der Waals surface area contributed by atoms with Crippen molar-refractivity contribution in [3.8, 4) is 0 Å². The quantitative estimate of drug-likeness (QED) is 0.589. The van der Waals surface area contributed by atoms with Gasteiger partial charge in [-0.05, 0) is 56.4 Å². The van der Waals surface area contributed by atoms with E-state index >= 15 is 0 Å². The number of aliphatic imine (C=N–C) groups is 1. The van der Waals surface area contributed by atoms with Gasteiger partial charge in [0.15, 0.2) is 5.96 Å². The highest BCUT2D eigenvalue weighted by Crippen LogP contribution is 2.30. The summed E-state index contributed by atoms with van der Waals surface area (Å²) in [5, 5.41) is 13.3. The Labute approximate surface area is 127 Å². The summed E-state index contributed by atoms with van der Waals surface area (Å²) in [4.78, 5) is 4.37. The van der Waals surface area contributed by atoms with Crippen LogP contribution in [-0.4, -0.2) is 23.2 Å². The van der Waals surface area contributed by atoms with E-state index in [0.717, 1.165) is 12.1 Å². The molecule has 0 fully saturated rings. The van der Waals surface area contributed by atoms with Crippen LogP contribution < -0.4 is 11.1 Å². The summed E-state index contributed by atoms with van der Waals surface area (Å²) in [6.07, 6.45) is 3.56. The molecule has 1 aliphatic rings. The van der Waals surface area contributed by atoms with E-state index in [0.29, 0.717) is 12.5 Å². The van der Waals surface area contributed by atoms with Gasteiger partial charge in [-0.25, -0.2) is 0 Å². The number of anilines is 1. The summed E-state index contributed by atoms with van der Waals surface area (Å²) >= 11 is 0. The zero-order valence-corrected chi connectivity index (χ0v) is 13.5. The van der Waals surface area contributed by atoms with Gasteiger partial charge in [-0.15, -0.1) is 0 Å². The highest BCUT2D eigenvalue weighted by atomic mass is 16.3. The van der Waals surface area contributed by atoms with E-state index in [-0.39, 0.29) is 5.41 Å². The third-order valence-electron chi connectivity index (χ3n) is 4.67. The second-order valence-corrected chi connectivity index (χ2v) is 7.11. The van der Waals surface area contributed by atoms with Gasteiger partial charge in [-0.3, -0.25) is 4.99 Å². The zero-order valence-electron chi connectivity index (χ0n) is 13.5. The molecule has 21 heavy (non-hydrogen) atoms. The lowest BCUT2D eigenvalue weighted by molar-refractivity contribution is -0.0289. The maximum Gasteiger partial charge on any atom is 0.193 e. The minimum atomic E-state index is -0.801. The first-order valence-corrected chi connectivity index (χ1v) is 7.60. The van der Waals surface area contributed by atoms with Gasteiger partial charge >= 0.3 is 0 Å². The van der Waals surface area contributed by atoms with E-state index in [9.17, 15) is 5.11 Å². The number of nitrogens with two attached hydrogens (primary N) is 1. The van der Waals surface area contributed by atoms with Crippen LogP contribution in [0.3, 0.4) is 0 Å². The first-order chi connectivity index (χ1) is 9.69. The molecule has 2 rings (SSSR count). The summed E-state index contributed by atoms with van der Waals surface area (Å²) in [5.41, 5.74) is 8.66. The number of rotatable bonds is 4. The Hall–Kier alpha value is -1.55. The maximum absolute atomic E-state index is 10.1. The van der Waals surface area contributed by atoms with Crippen LogP contribution >= 0.6 is 0 Å². The Kier molecular flexibility index (Phi) is 4.28. The van der Waals surface area contributed by atoms with Gasteiger partial charge in [0.1, 0.15) is 0 Å². The second kappa shape index (κ2) is 5.68. The number of fused-ring (bicyclic) bond motifs is 1. The molecule has 0 bridgehead atoms. The van der Waals surface area contributed by atoms with Crippen molar-refractivity contribution in [2.75, 3.05) is 11.9 Å². The summed E-state index contributed by atoms with van der Waals surface area (Å²) in [6.45, 7) is 8.04. The molecule has 1 aliphatic carbocycles. The van der Waals surface area contributed by atoms with Crippen molar-refractivity contribution >= 4 is 11.6 Å². The number of hydrogen-bond donors (Lipinski definition) is 3. The van der Waals surface area contributed by atoms with Crippen LogP contribution in [0, 0.1) is 5.41 Å². The van der Waals surface area contributed by atoms with Crippen LogP contribution in [0.2, 0.25) is 0 Å². The topological polar surface area (TPSA) is 70.6 Å². The monoisotopic (exact) mass is 289 g/mol. The molecule has 0 radical (unpaired) electrons. The van der Waals surface area contributed by atoms with Gasteiger partial charge in [-0.1, -0.05) is 19.9 Å². The van der Waals surface area contributed by atoms with E-state index in [2.05, 4.69) is 22.4 Å². The fourth-order valence-electron chi connectivity index (χ4n) is 2.31. The molecule has 0 atom stereocenters. The average molecular weight is 289 g/mol. The van der Waals surface area contributed by atoms with Gasteiger partial charge in [0.05, 0.1) is 12.1 Å². The molecule has 0 spiro atoms. The van der Waals surface area contributed by atoms with E-state index in [1.54, 1.807) is 13.8 Å². The third kappa shape index (κ3) is 3.76. The zero-order chi connectivity index (χ0) is 15.7. The summed E-state index contributed by atoms with van der Waals surface area (Å²) in [6, 6.07) is 6.37. The minimum Gasteiger partial charge on any atom is -0.390 e. The molecule has 0 saturated carbocycles. The molecule has 4 heteroatoms. The number of aliphatic hydroxyl groups is 1. The van der Waals surface area contributed by atoms with Crippen molar-refractivity contribution in [1.29, 1.82) is 0 Å². The molecule has 0 saturated heterocycles. The fraction of sp³-hybridized carbons (Fsp3) is 0.588. The van der Waals surface area contributed by atoms with E-state index in [4.69, 9.17) is 5.73 Å². The van der Waals surface area contributed by atoms with Gasteiger partial charge in [0, 0.05) is 11.1 Å². The predicted octanol–water partition coefficient (Wildman–Crippen LogP) is 2.70.